The van der Waals surface area contributed by atoms with E-state index in [1.165, 1.54) is 6.08 Å². The summed E-state index contributed by atoms with van der Waals surface area (Å²) in [5.41, 5.74) is 1.46. The van der Waals surface area contributed by atoms with Crippen molar-refractivity contribution >= 4 is 6.21 Å². The lowest BCUT2D eigenvalue weighted by Gasteiger charge is -1.98. The number of hydrogen-bond donors (Lipinski definition) is 2. The van der Waals surface area contributed by atoms with Gasteiger partial charge in [0, 0.05) is 6.21 Å². The highest BCUT2D eigenvalue weighted by atomic mass is 16.1. The van der Waals surface area contributed by atoms with Crippen molar-refractivity contribution in [2.45, 2.75) is 6.92 Å². The molecular weight excluding hydrogens is 176 g/mol. The van der Waals surface area contributed by atoms with E-state index in [0.717, 1.165) is 11.8 Å². The summed E-state index contributed by atoms with van der Waals surface area (Å²) < 4.78 is 0. The molecule has 3 heteroatoms. The van der Waals surface area contributed by atoms with Crippen LogP contribution in [0.25, 0.3) is 0 Å². The third-order valence-corrected chi connectivity index (χ3v) is 1.72. The molecule has 0 fully saturated rings. The zero-order valence-electron chi connectivity index (χ0n) is 7.85. The number of pyridine rings is 1. The number of hydrogen-bond acceptors (Lipinski definition) is 2. The lowest BCUT2D eigenvalue weighted by Crippen LogP contribution is -2.14. The first-order valence-electron chi connectivity index (χ1n) is 4.06. The van der Waals surface area contributed by atoms with Gasteiger partial charge in [-0.15, -0.1) is 0 Å². The van der Waals surface area contributed by atoms with E-state index < -0.39 is 0 Å². The third-order valence-electron chi connectivity index (χ3n) is 1.72. The van der Waals surface area contributed by atoms with Gasteiger partial charge in [-0.3, -0.25) is 4.79 Å². The summed E-state index contributed by atoms with van der Waals surface area (Å²) in [6.45, 7) is 5.29. The highest BCUT2D eigenvalue weighted by Crippen LogP contribution is 2.01. The van der Waals surface area contributed by atoms with Gasteiger partial charge in [-0.1, -0.05) is 12.5 Å². The average molecular weight is 186 g/mol. The monoisotopic (exact) mass is 186 g/mol. The molecule has 0 bridgehead atoms. The molecule has 0 saturated heterocycles. The van der Waals surface area contributed by atoms with Gasteiger partial charge in [0.1, 0.15) is 0 Å². The van der Waals surface area contributed by atoms with Crippen molar-refractivity contribution in [1.29, 1.82) is 5.41 Å². The fraction of sp³-hybridized carbons (Fsp3) is 0.0909. The summed E-state index contributed by atoms with van der Waals surface area (Å²) in [5, 5.41) is 6.99. The Morgan fingerprint density at radius 2 is 2.36 bits per heavy atom. The maximum Gasteiger partial charge on any atom is 0.257 e. The molecule has 0 aliphatic heterocycles. The molecule has 0 radical (unpaired) electrons. The molecule has 1 aromatic rings. The van der Waals surface area contributed by atoms with Crippen LogP contribution in [0, 0.1) is 24.2 Å². The van der Waals surface area contributed by atoms with E-state index in [-0.39, 0.29) is 5.56 Å². The summed E-state index contributed by atoms with van der Waals surface area (Å²) >= 11 is 0. The highest BCUT2D eigenvalue weighted by molar-refractivity contribution is 5.76. The lowest BCUT2D eigenvalue weighted by atomic mass is 10.1. The van der Waals surface area contributed by atoms with Crippen molar-refractivity contribution in [3.05, 3.63) is 45.9 Å². The van der Waals surface area contributed by atoms with Crippen LogP contribution in [0.5, 0.6) is 0 Å². The molecule has 1 aromatic heterocycles. The average Bonchev–Trinajstić information content (AvgIpc) is 2.18. The SMILES string of the molecule is C=CC#Cc1[nH]c(=O)c(C=N)cc1C. The van der Waals surface area contributed by atoms with Crippen LogP contribution in [0.2, 0.25) is 0 Å². The minimum atomic E-state index is -0.293. The molecule has 0 spiro atoms. The van der Waals surface area contributed by atoms with Crippen LogP contribution >= 0.6 is 0 Å². The number of aromatic nitrogens is 1. The van der Waals surface area contributed by atoms with Crippen LogP contribution in [0.4, 0.5) is 0 Å². The van der Waals surface area contributed by atoms with E-state index in [9.17, 15) is 4.79 Å². The Hall–Kier alpha value is -2.08. The van der Waals surface area contributed by atoms with Crippen molar-refractivity contribution in [3.8, 4) is 11.8 Å². The maximum absolute atomic E-state index is 11.3. The van der Waals surface area contributed by atoms with E-state index in [1.54, 1.807) is 6.07 Å². The molecule has 0 aromatic carbocycles. The van der Waals surface area contributed by atoms with E-state index in [0.29, 0.717) is 11.3 Å². The molecular formula is C11H10N2O. The van der Waals surface area contributed by atoms with Gasteiger partial charge in [-0.2, -0.15) is 0 Å². The fourth-order valence-electron chi connectivity index (χ4n) is 1.02. The van der Waals surface area contributed by atoms with Gasteiger partial charge in [0.2, 0.25) is 0 Å². The summed E-state index contributed by atoms with van der Waals surface area (Å²) in [5.74, 6) is 5.41. The fourth-order valence-corrected chi connectivity index (χ4v) is 1.02. The minimum Gasteiger partial charge on any atom is -0.315 e. The van der Waals surface area contributed by atoms with Crippen molar-refractivity contribution in [3.63, 3.8) is 0 Å². The number of H-pyrrole nitrogens is 1. The topological polar surface area (TPSA) is 56.7 Å². The standard InChI is InChI=1S/C11H10N2O/c1-3-4-5-10-8(2)6-9(7-12)11(14)13-10/h3,6-7,12H,1H2,2H3,(H,13,14). The first-order chi connectivity index (χ1) is 6.69. The Kier molecular flexibility index (Phi) is 3.03. The largest absolute Gasteiger partial charge is 0.315 e. The van der Waals surface area contributed by atoms with Gasteiger partial charge in [0.05, 0.1) is 11.3 Å². The zero-order valence-corrected chi connectivity index (χ0v) is 7.85. The Morgan fingerprint density at radius 3 is 2.93 bits per heavy atom. The minimum absolute atomic E-state index is 0.293. The van der Waals surface area contributed by atoms with Crippen molar-refractivity contribution in [1.82, 2.24) is 4.98 Å². The molecule has 0 saturated carbocycles. The summed E-state index contributed by atoms with van der Waals surface area (Å²) in [7, 11) is 0. The third kappa shape index (κ3) is 1.99. The Bertz CT molecular complexity index is 486. The van der Waals surface area contributed by atoms with E-state index in [1.807, 2.05) is 6.92 Å². The second kappa shape index (κ2) is 4.24. The van der Waals surface area contributed by atoms with Crippen molar-refractivity contribution in [2.75, 3.05) is 0 Å². The molecule has 0 atom stereocenters. The Balaban J connectivity index is 3.35. The number of allylic oxidation sites excluding steroid dienone is 1. The second-order valence-electron chi connectivity index (χ2n) is 2.73. The molecule has 0 aliphatic rings. The molecule has 0 amide bonds. The van der Waals surface area contributed by atoms with Gasteiger partial charge in [-0.25, -0.2) is 0 Å². The number of nitrogens with one attached hydrogen (secondary N) is 2. The normalized spacial score (nSPS) is 8.64. The number of aryl methyl sites for hydroxylation is 1. The van der Waals surface area contributed by atoms with E-state index in [4.69, 9.17) is 5.41 Å². The maximum atomic E-state index is 11.3. The highest BCUT2D eigenvalue weighted by Gasteiger charge is 2.00. The van der Waals surface area contributed by atoms with Crippen molar-refractivity contribution < 1.29 is 0 Å². The second-order valence-corrected chi connectivity index (χ2v) is 2.73. The van der Waals surface area contributed by atoms with Crippen LogP contribution in [0.15, 0.2) is 23.5 Å². The predicted molar refractivity (Wildman–Crippen MR) is 56.8 cm³/mol. The van der Waals surface area contributed by atoms with Crippen LogP contribution in [0.1, 0.15) is 16.8 Å². The lowest BCUT2D eigenvalue weighted by molar-refractivity contribution is 1.16. The summed E-state index contributed by atoms with van der Waals surface area (Å²) in [6, 6.07) is 1.64. The van der Waals surface area contributed by atoms with Crippen LogP contribution in [0.3, 0.4) is 0 Å². The van der Waals surface area contributed by atoms with E-state index in [2.05, 4.69) is 23.4 Å². The van der Waals surface area contributed by atoms with Gasteiger partial charge in [0.25, 0.3) is 5.56 Å². The molecule has 70 valence electrons. The van der Waals surface area contributed by atoms with Crippen molar-refractivity contribution in [2.24, 2.45) is 0 Å². The molecule has 14 heavy (non-hydrogen) atoms. The molecule has 2 N–H and O–H groups in total. The smallest absolute Gasteiger partial charge is 0.257 e. The zero-order chi connectivity index (χ0) is 10.6. The van der Waals surface area contributed by atoms with E-state index >= 15 is 0 Å². The quantitative estimate of drug-likeness (QED) is 0.502. The molecule has 0 aliphatic carbocycles. The van der Waals surface area contributed by atoms with Crippen LogP contribution in [-0.2, 0) is 0 Å². The first kappa shape index (κ1) is 10.0. The first-order valence-corrected chi connectivity index (χ1v) is 4.06. The van der Waals surface area contributed by atoms with Gasteiger partial charge < -0.3 is 10.4 Å². The molecule has 0 unspecified atom stereocenters. The Labute approximate surface area is 82.0 Å². The van der Waals surface area contributed by atoms with Gasteiger partial charge >= 0.3 is 0 Å². The van der Waals surface area contributed by atoms with Crippen LogP contribution < -0.4 is 5.56 Å². The molecule has 1 rings (SSSR count). The molecule has 1 heterocycles. The number of aromatic amines is 1. The van der Waals surface area contributed by atoms with Gasteiger partial charge in [-0.05, 0) is 30.6 Å². The summed E-state index contributed by atoms with van der Waals surface area (Å²) in [4.78, 5) is 13.9. The molecule has 3 nitrogen and oxygen atoms in total. The van der Waals surface area contributed by atoms with Gasteiger partial charge in [0.15, 0.2) is 0 Å². The Morgan fingerprint density at radius 1 is 1.64 bits per heavy atom. The number of rotatable bonds is 1. The summed E-state index contributed by atoms with van der Waals surface area (Å²) in [6.07, 6.45) is 2.48. The predicted octanol–water partition coefficient (Wildman–Crippen LogP) is 1.22. The van der Waals surface area contributed by atoms with Crippen LogP contribution in [-0.4, -0.2) is 11.2 Å².